The average Bonchev–Trinajstić information content (AvgIpc) is 2.84. The van der Waals surface area contributed by atoms with Crippen LogP contribution in [0, 0.1) is 6.92 Å². The van der Waals surface area contributed by atoms with E-state index in [4.69, 9.17) is 11.6 Å². The summed E-state index contributed by atoms with van der Waals surface area (Å²) < 4.78 is 1.60. The first-order chi connectivity index (χ1) is 10.0. The molecule has 0 fully saturated rings. The number of amides is 1. The van der Waals surface area contributed by atoms with Crippen LogP contribution >= 0.6 is 11.6 Å². The van der Waals surface area contributed by atoms with E-state index in [1.165, 1.54) is 0 Å². The molecule has 0 bridgehead atoms. The first-order valence-corrected chi connectivity index (χ1v) is 7.47. The second-order valence-electron chi connectivity index (χ2n) is 5.10. The SMILES string of the molecule is CCC(NC(=O)C(C)n1cc(Cl)c(C)n1)c1ccccc1. The van der Waals surface area contributed by atoms with Gasteiger partial charge in [-0.25, -0.2) is 0 Å². The van der Waals surface area contributed by atoms with Crippen LogP contribution in [0.5, 0.6) is 0 Å². The van der Waals surface area contributed by atoms with Crippen molar-refractivity contribution in [2.45, 2.75) is 39.3 Å². The van der Waals surface area contributed by atoms with Crippen LogP contribution in [0.4, 0.5) is 0 Å². The Morgan fingerprint density at radius 2 is 2.05 bits per heavy atom. The Morgan fingerprint density at radius 3 is 2.57 bits per heavy atom. The molecule has 4 nitrogen and oxygen atoms in total. The number of carbonyl (C=O) groups is 1. The van der Waals surface area contributed by atoms with Gasteiger partial charge in [0, 0.05) is 6.20 Å². The fraction of sp³-hybridized carbons (Fsp3) is 0.375. The number of rotatable bonds is 5. The van der Waals surface area contributed by atoms with E-state index in [9.17, 15) is 4.79 Å². The summed E-state index contributed by atoms with van der Waals surface area (Å²) in [6.45, 7) is 5.69. The fourth-order valence-electron chi connectivity index (χ4n) is 2.18. The highest BCUT2D eigenvalue weighted by Crippen LogP contribution is 2.19. The number of hydrogen-bond acceptors (Lipinski definition) is 2. The Kier molecular flexibility index (Phi) is 5.02. The molecule has 0 aliphatic heterocycles. The third kappa shape index (κ3) is 3.64. The average molecular weight is 306 g/mol. The summed E-state index contributed by atoms with van der Waals surface area (Å²) in [6.07, 6.45) is 2.52. The van der Waals surface area contributed by atoms with Crippen molar-refractivity contribution >= 4 is 17.5 Å². The molecule has 0 spiro atoms. The van der Waals surface area contributed by atoms with Crippen molar-refractivity contribution in [3.05, 3.63) is 52.8 Å². The van der Waals surface area contributed by atoms with E-state index in [1.54, 1.807) is 10.9 Å². The second-order valence-corrected chi connectivity index (χ2v) is 5.51. The maximum Gasteiger partial charge on any atom is 0.245 e. The second kappa shape index (κ2) is 6.76. The van der Waals surface area contributed by atoms with Crippen LogP contribution in [0.15, 0.2) is 36.5 Å². The highest BCUT2D eigenvalue weighted by Gasteiger charge is 2.20. The van der Waals surface area contributed by atoms with Gasteiger partial charge in [-0.05, 0) is 25.8 Å². The van der Waals surface area contributed by atoms with E-state index in [2.05, 4.69) is 17.3 Å². The van der Waals surface area contributed by atoms with Gasteiger partial charge in [-0.15, -0.1) is 0 Å². The van der Waals surface area contributed by atoms with Crippen LogP contribution in [0.1, 0.15) is 43.6 Å². The lowest BCUT2D eigenvalue weighted by atomic mass is 10.0. The zero-order valence-electron chi connectivity index (χ0n) is 12.5. The molecule has 5 heteroatoms. The maximum atomic E-state index is 12.4. The van der Waals surface area contributed by atoms with Gasteiger partial charge < -0.3 is 5.32 Å². The number of hydrogen-bond donors (Lipinski definition) is 1. The quantitative estimate of drug-likeness (QED) is 0.916. The first kappa shape index (κ1) is 15.6. The van der Waals surface area contributed by atoms with Crippen LogP contribution in [0.25, 0.3) is 0 Å². The molecule has 0 saturated heterocycles. The van der Waals surface area contributed by atoms with E-state index in [-0.39, 0.29) is 11.9 Å². The molecule has 1 amide bonds. The molecule has 0 aliphatic carbocycles. The minimum Gasteiger partial charge on any atom is -0.347 e. The highest BCUT2D eigenvalue weighted by molar-refractivity contribution is 6.31. The Morgan fingerprint density at radius 1 is 1.38 bits per heavy atom. The summed E-state index contributed by atoms with van der Waals surface area (Å²) in [4.78, 5) is 12.4. The predicted molar refractivity (Wildman–Crippen MR) is 84.3 cm³/mol. The molecule has 112 valence electrons. The van der Waals surface area contributed by atoms with Crippen LogP contribution in [-0.2, 0) is 4.79 Å². The van der Waals surface area contributed by atoms with Gasteiger partial charge >= 0.3 is 0 Å². The van der Waals surface area contributed by atoms with Gasteiger partial charge in [0.2, 0.25) is 5.91 Å². The molecule has 0 radical (unpaired) electrons. The standard InChI is InChI=1S/C16H20ClN3O/c1-4-15(13-8-6-5-7-9-13)18-16(21)12(3)20-10-14(17)11(2)19-20/h5-10,12,15H,4H2,1-3H3,(H,18,21). The number of benzene rings is 1. The molecular formula is C16H20ClN3O. The normalized spacial score (nSPS) is 13.7. The van der Waals surface area contributed by atoms with Gasteiger partial charge in [0.05, 0.1) is 16.8 Å². The highest BCUT2D eigenvalue weighted by atomic mass is 35.5. The fourth-order valence-corrected chi connectivity index (χ4v) is 2.31. The zero-order chi connectivity index (χ0) is 15.4. The smallest absolute Gasteiger partial charge is 0.245 e. The maximum absolute atomic E-state index is 12.4. The molecule has 2 aromatic rings. The third-order valence-electron chi connectivity index (χ3n) is 3.56. The lowest BCUT2D eigenvalue weighted by molar-refractivity contribution is -0.124. The van der Waals surface area contributed by atoms with Gasteiger partial charge in [-0.3, -0.25) is 9.48 Å². The topological polar surface area (TPSA) is 46.9 Å². The van der Waals surface area contributed by atoms with Crippen molar-refractivity contribution in [3.8, 4) is 0 Å². The van der Waals surface area contributed by atoms with Crippen molar-refractivity contribution in [3.63, 3.8) is 0 Å². The minimum absolute atomic E-state index is 0.00767. The number of nitrogens with one attached hydrogen (secondary N) is 1. The van der Waals surface area contributed by atoms with Gasteiger partial charge in [0.15, 0.2) is 0 Å². The number of nitrogens with zero attached hydrogens (tertiary/aromatic N) is 2. The van der Waals surface area contributed by atoms with Crippen LogP contribution < -0.4 is 5.32 Å². The molecule has 1 N–H and O–H groups in total. The molecular weight excluding hydrogens is 286 g/mol. The first-order valence-electron chi connectivity index (χ1n) is 7.09. The number of halogens is 1. The molecule has 1 aromatic heterocycles. The molecule has 0 aliphatic rings. The summed E-state index contributed by atoms with van der Waals surface area (Å²) >= 11 is 5.99. The third-order valence-corrected chi connectivity index (χ3v) is 3.93. The number of aromatic nitrogens is 2. The number of aryl methyl sites for hydroxylation is 1. The van der Waals surface area contributed by atoms with E-state index in [0.29, 0.717) is 5.02 Å². The predicted octanol–water partition coefficient (Wildman–Crippen LogP) is 3.67. The lowest BCUT2D eigenvalue weighted by Gasteiger charge is -2.20. The Labute approximate surface area is 130 Å². The van der Waals surface area contributed by atoms with Crippen molar-refractivity contribution in [1.29, 1.82) is 0 Å². The summed E-state index contributed by atoms with van der Waals surface area (Å²) in [5, 5.41) is 7.90. The van der Waals surface area contributed by atoms with Gasteiger partial charge in [-0.2, -0.15) is 5.10 Å². The van der Waals surface area contributed by atoms with E-state index in [0.717, 1.165) is 17.7 Å². The van der Waals surface area contributed by atoms with E-state index >= 15 is 0 Å². The largest absolute Gasteiger partial charge is 0.347 e. The van der Waals surface area contributed by atoms with Crippen LogP contribution in [0.3, 0.4) is 0 Å². The van der Waals surface area contributed by atoms with Crippen molar-refractivity contribution in [1.82, 2.24) is 15.1 Å². The van der Waals surface area contributed by atoms with Crippen molar-refractivity contribution in [2.24, 2.45) is 0 Å². The van der Waals surface area contributed by atoms with E-state index in [1.807, 2.05) is 44.2 Å². The summed E-state index contributed by atoms with van der Waals surface area (Å²) in [5.74, 6) is -0.0649. The van der Waals surface area contributed by atoms with Gasteiger partial charge in [-0.1, -0.05) is 48.9 Å². The van der Waals surface area contributed by atoms with Crippen LogP contribution in [0.2, 0.25) is 5.02 Å². The molecule has 21 heavy (non-hydrogen) atoms. The monoisotopic (exact) mass is 305 g/mol. The lowest BCUT2D eigenvalue weighted by Crippen LogP contribution is -2.34. The zero-order valence-corrected chi connectivity index (χ0v) is 13.3. The molecule has 2 unspecified atom stereocenters. The summed E-state index contributed by atoms with van der Waals surface area (Å²) in [5.41, 5.74) is 1.83. The number of carbonyl (C=O) groups excluding carboxylic acids is 1. The van der Waals surface area contributed by atoms with E-state index < -0.39 is 6.04 Å². The van der Waals surface area contributed by atoms with Gasteiger partial charge in [0.1, 0.15) is 6.04 Å². The molecule has 1 aromatic carbocycles. The Bertz CT molecular complexity index is 590. The summed E-state index contributed by atoms with van der Waals surface area (Å²) in [7, 11) is 0. The van der Waals surface area contributed by atoms with Crippen LogP contribution in [-0.4, -0.2) is 15.7 Å². The summed E-state index contributed by atoms with van der Waals surface area (Å²) in [6, 6.07) is 9.58. The van der Waals surface area contributed by atoms with Gasteiger partial charge in [0.25, 0.3) is 0 Å². The molecule has 2 rings (SSSR count). The Balaban J connectivity index is 2.09. The minimum atomic E-state index is -0.394. The molecule has 2 atom stereocenters. The van der Waals surface area contributed by atoms with Crippen molar-refractivity contribution in [2.75, 3.05) is 0 Å². The molecule has 1 heterocycles. The molecule has 0 saturated carbocycles. The van der Waals surface area contributed by atoms with Crippen molar-refractivity contribution < 1.29 is 4.79 Å². The Hall–Kier alpha value is -1.81.